The van der Waals surface area contributed by atoms with E-state index in [1.54, 1.807) is 22.4 Å². The Morgan fingerprint density at radius 3 is 2.76 bits per heavy atom. The van der Waals surface area contributed by atoms with Crippen molar-refractivity contribution >= 4 is 23.2 Å². The second-order valence-corrected chi connectivity index (χ2v) is 5.86. The quantitative estimate of drug-likeness (QED) is 0.909. The van der Waals surface area contributed by atoms with E-state index in [-0.39, 0.29) is 11.8 Å². The molecule has 0 bridgehead atoms. The number of nitrogens with one attached hydrogen (secondary N) is 1. The van der Waals surface area contributed by atoms with Gasteiger partial charge < -0.3 is 10.0 Å². The molecular formula is C14H15N3O3S. The first-order valence-corrected chi connectivity index (χ1v) is 7.69. The van der Waals surface area contributed by atoms with Gasteiger partial charge in [-0.05, 0) is 24.3 Å². The van der Waals surface area contributed by atoms with Crippen LogP contribution in [0.4, 0.5) is 0 Å². The van der Waals surface area contributed by atoms with Crippen LogP contribution < -0.4 is 0 Å². The molecule has 1 fully saturated rings. The number of aliphatic carboxylic acids is 1. The molecule has 3 rings (SSSR count). The fraction of sp³-hybridized carbons (Fsp3) is 0.357. The van der Waals surface area contributed by atoms with Crippen LogP contribution in [-0.4, -0.2) is 45.2 Å². The summed E-state index contributed by atoms with van der Waals surface area (Å²) in [5.41, 5.74) is 2.21. The number of thiophene rings is 1. The van der Waals surface area contributed by atoms with E-state index in [0.717, 1.165) is 11.3 Å². The molecule has 2 aromatic rings. The van der Waals surface area contributed by atoms with Crippen LogP contribution in [0.25, 0.3) is 11.3 Å². The monoisotopic (exact) mass is 305 g/mol. The number of carboxylic acids is 1. The Bertz CT molecular complexity index is 642. The number of hydrogen-bond acceptors (Lipinski definition) is 4. The van der Waals surface area contributed by atoms with Gasteiger partial charge in [0, 0.05) is 24.0 Å². The van der Waals surface area contributed by atoms with Crippen LogP contribution in [0.5, 0.6) is 0 Å². The molecule has 1 aliphatic heterocycles. The smallest absolute Gasteiger partial charge is 0.306 e. The maximum atomic E-state index is 12.6. The van der Waals surface area contributed by atoms with Crippen molar-refractivity contribution in [1.29, 1.82) is 0 Å². The van der Waals surface area contributed by atoms with Crippen molar-refractivity contribution < 1.29 is 14.7 Å². The molecule has 0 unspecified atom stereocenters. The molecule has 21 heavy (non-hydrogen) atoms. The van der Waals surface area contributed by atoms with Crippen molar-refractivity contribution in [3.63, 3.8) is 0 Å². The Morgan fingerprint density at radius 1 is 1.38 bits per heavy atom. The van der Waals surface area contributed by atoms with Crippen LogP contribution in [0.2, 0.25) is 0 Å². The second-order valence-electron chi connectivity index (χ2n) is 5.08. The summed E-state index contributed by atoms with van der Waals surface area (Å²) in [7, 11) is 0. The molecular weight excluding hydrogens is 290 g/mol. The van der Waals surface area contributed by atoms with E-state index in [0.29, 0.717) is 31.5 Å². The summed E-state index contributed by atoms with van der Waals surface area (Å²) in [6, 6.07) is 1.94. The SMILES string of the molecule is O=C(O)C1CCN(C(=O)c2cn[nH]c2-c2ccsc2)CC1. The van der Waals surface area contributed by atoms with Gasteiger partial charge in [-0.1, -0.05) is 0 Å². The highest BCUT2D eigenvalue weighted by Gasteiger charge is 2.29. The van der Waals surface area contributed by atoms with Gasteiger partial charge in [0.25, 0.3) is 5.91 Å². The first-order valence-electron chi connectivity index (χ1n) is 6.75. The lowest BCUT2D eigenvalue weighted by Crippen LogP contribution is -2.40. The number of H-pyrrole nitrogens is 1. The fourth-order valence-electron chi connectivity index (χ4n) is 2.57. The van der Waals surface area contributed by atoms with E-state index in [9.17, 15) is 9.59 Å². The molecule has 0 aromatic carbocycles. The minimum atomic E-state index is -0.774. The first kappa shape index (κ1) is 13.8. The second kappa shape index (κ2) is 5.69. The van der Waals surface area contributed by atoms with Crippen molar-refractivity contribution in [1.82, 2.24) is 15.1 Å². The van der Waals surface area contributed by atoms with E-state index in [1.165, 1.54) is 0 Å². The highest BCUT2D eigenvalue weighted by Crippen LogP contribution is 2.26. The zero-order valence-corrected chi connectivity index (χ0v) is 12.1. The number of rotatable bonds is 3. The lowest BCUT2D eigenvalue weighted by Gasteiger charge is -2.30. The number of nitrogens with zero attached hydrogens (tertiary/aromatic N) is 2. The van der Waals surface area contributed by atoms with E-state index < -0.39 is 5.97 Å². The average Bonchev–Trinajstić information content (AvgIpc) is 3.17. The van der Waals surface area contributed by atoms with E-state index in [1.807, 2.05) is 16.8 Å². The first-order chi connectivity index (χ1) is 10.2. The topological polar surface area (TPSA) is 86.3 Å². The number of aromatic nitrogens is 2. The molecule has 1 aliphatic rings. The Kier molecular flexibility index (Phi) is 3.74. The maximum Gasteiger partial charge on any atom is 0.306 e. The van der Waals surface area contributed by atoms with Crippen LogP contribution in [-0.2, 0) is 4.79 Å². The van der Waals surface area contributed by atoms with E-state index in [4.69, 9.17) is 5.11 Å². The zero-order valence-electron chi connectivity index (χ0n) is 11.3. The van der Waals surface area contributed by atoms with Crippen LogP contribution >= 0.6 is 11.3 Å². The van der Waals surface area contributed by atoms with Gasteiger partial charge in [0.1, 0.15) is 0 Å². The molecule has 110 valence electrons. The molecule has 2 aromatic heterocycles. The summed E-state index contributed by atoms with van der Waals surface area (Å²) < 4.78 is 0. The number of carboxylic acid groups (broad SMARTS) is 1. The lowest BCUT2D eigenvalue weighted by atomic mass is 9.96. The maximum absolute atomic E-state index is 12.6. The van der Waals surface area contributed by atoms with E-state index >= 15 is 0 Å². The zero-order chi connectivity index (χ0) is 14.8. The summed E-state index contributed by atoms with van der Waals surface area (Å²) in [5, 5.41) is 19.8. The Hall–Kier alpha value is -2.15. The van der Waals surface area contributed by atoms with Crippen molar-refractivity contribution in [2.45, 2.75) is 12.8 Å². The molecule has 2 N–H and O–H groups in total. The van der Waals surface area contributed by atoms with E-state index in [2.05, 4.69) is 10.2 Å². The molecule has 3 heterocycles. The Balaban J connectivity index is 1.75. The summed E-state index contributed by atoms with van der Waals surface area (Å²) in [5.74, 6) is -1.20. The number of piperidine rings is 1. The minimum Gasteiger partial charge on any atom is -0.481 e. The molecule has 0 saturated carbocycles. The van der Waals surface area contributed by atoms with Gasteiger partial charge in [-0.25, -0.2) is 0 Å². The molecule has 0 radical (unpaired) electrons. The molecule has 6 nitrogen and oxygen atoms in total. The molecule has 1 saturated heterocycles. The summed E-state index contributed by atoms with van der Waals surface area (Å²) >= 11 is 1.56. The van der Waals surface area contributed by atoms with Crippen molar-refractivity contribution in [3.8, 4) is 11.3 Å². The summed E-state index contributed by atoms with van der Waals surface area (Å²) in [4.78, 5) is 25.2. The normalized spacial score (nSPS) is 16.1. The number of hydrogen-bond donors (Lipinski definition) is 2. The van der Waals surface area contributed by atoms with Gasteiger partial charge in [0.05, 0.1) is 23.4 Å². The number of likely N-dealkylation sites (tertiary alicyclic amines) is 1. The summed E-state index contributed by atoms with van der Waals surface area (Å²) in [6.45, 7) is 0.952. The van der Waals surface area contributed by atoms with Crippen LogP contribution in [0.1, 0.15) is 23.2 Å². The van der Waals surface area contributed by atoms with Crippen LogP contribution in [0.3, 0.4) is 0 Å². The number of amides is 1. The lowest BCUT2D eigenvalue weighted by molar-refractivity contribution is -0.143. The predicted octanol–water partition coefficient (Wildman–Crippen LogP) is 2.08. The van der Waals surface area contributed by atoms with Gasteiger partial charge in [-0.2, -0.15) is 16.4 Å². The van der Waals surface area contributed by atoms with Crippen LogP contribution in [0, 0.1) is 5.92 Å². The third-order valence-electron chi connectivity index (χ3n) is 3.81. The largest absolute Gasteiger partial charge is 0.481 e. The van der Waals surface area contributed by atoms with Crippen molar-refractivity contribution in [2.75, 3.05) is 13.1 Å². The van der Waals surface area contributed by atoms with Gasteiger partial charge in [-0.15, -0.1) is 0 Å². The Morgan fingerprint density at radius 2 is 2.14 bits per heavy atom. The van der Waals surface area contributed by atoms with Crippen molar-refractivity contribution in [3.05, 3.63) is 28.6 Å². The third-order valence-corrected chi connectivity index (χ3v) is 4.49. The van der Waals surface area contributed by atoms with Crippen LogP contribution in [0.15, 0.2) is 23.0 Å². The standard InChI is InChI=1S/C14H15N3O3S/c18-13(17-4-1-9(2-5-17)14(19)20)11-7-15-16-12(11)10-3-6-21-8-10/h3,6-9H,1-2,4-5H2,(H,15,16)(H,19,20). The third kappa shape index (κ3) is 2.69. The fourth-order valence-corrected chi connectivity index (χ4v) is 3.22. The molecule has 7 heteroatoms. The van der Waals surface area contributed by atoms with Gasteiger partial charge in [-0.3, -0.25) is 14.7 Å². The molecule has 1 amide bonds. The highest BCUT2D eigenvalue weighted by molar-refractivity contribution is 7.08. The van der Waals surface area contributed by atoms with Gasteiger partial charge in [0.15, 0.2) is 0 Å². The molecule has 0 aliphatic carbocycles. The average molecular weight is 305 g/mol. The predicted molar refractivity (Wildman–Crippen MR) is 78.2 cm³/mol. The van der Waals surface area contributed by atoms with Gasteiger partial charge >= 0.3 is 5.97 Å². The molecule has 0 spiro atoms. The number of carbonyl (C=O) groups is 2. The highest BCUT2D eigenvalue weighted by atomic mass is 32.1. The molecule has 0 atom stereocenters. The Labute approximate surface area is 125 Å². The number of carbonyl (C=O) groups excluding carboxylic acids is 1. The number of aromatic amines is 1. The van der Waals surface area contributed by atoms with Gasteiger partial charge in [0.2, 0.25) is 0 Å². The minimum absolute atomic E-state index is 0.0891. The summed E-state index contributed by atoms with van der Waals surface area (Å²) in [6.07, 6.45) is 2.55. The van der Waals surface area contributed by atoms with Crippen molar-refractivity contribution in [2.24, 2.45) is 5.92 Å².